The third-order valence-electron chi connectivity index (χ3n) is 3.60. The number of para-hydroxylation sites is 3. The molecule has 0 radical (unpaired) electrons. The minimum atomic E-state index is -0.322. The van der Waals surface area contributed by atoms with Crippen LogP contribution in [0.1, 0.15) is 10.5 Å². The zero-order valence-corrected chi connectivity index (χ0v) is 14.9. The van der Waals surface area contributed by atoms with E-state index >= 15 is 0 Å². The van der Waals surface area contributed by atoms with E-state index in [2.05, 4.69) is 20.3 Å². The van der Waals surface area contributed by atoms with Gasteiger partial charge in [-0.15, -0.1) is 11.3 Å². The molecule has 0 aliphatic carbocycles. The predicted octanol–water partition coefficient (Wildman–Crippen LogP) is 4.64. The van der Waals surface area contributed by atoms with Gasteiger partial charge in [0, 0.05) is 17.8 Å². The Kier molecular flexibility index (Phi) is 4.84. The number of carbonyl (C=O) groups is 1. The van der Waals surface area contributed by atoms with Crippen molar-refractivity contribution < 1.29 is 9.53 Å². The molecule has 2 aromatic heterocycles. The molecular formula is C20H14N4O2S. The summed E-state index contributed by atoms with van der Waals surface area (Å²) < 4.78 is 5.87. The van der Waals surface area contributed by atoms with Crippen molar-refractivity contribution in [2.75, 3.05) is 5.32 Å². The lowest BCUT2D eigenvalue weighted by Crippen LogP contribution is -2.13. The molecule has 0 bridgehead atoms. The van der Waals surface area contributed by atoms with Crippen molar-refractivity contribution in [2.24, 2.45) is 0 Å². The van der Waals surface area contributed by atoms with Crippen LogP contribution in [-0.2, 0) is 0 Å². The van der Waals surface area contributed by atoms with Crippen LogP contribution in [0.3, 0.4) is 0 Å². The summed E-state index contributed by atoms with van der Waals surface area (Å²) in [5.74, 6) is 1.42. The fourth-order valence-electron chi connectivity index (χ4n) is 2.35. The van der Waals surface area contributed by atoms with Gasteiger partial charge in [-0.3, -0.25) is 4.79 Å². The summed E-state index contributed by atoms with van der Waals surface area (Å²) in [6.45, 7) is 0. The Morgan fingerprint density at radius 2 is 1.67 bits per heavy atom. The normalized spacial score (nSPS) is 10.4. The topological polar surface area (TPSA) is 77.0 Å². The van der Waals surface area contributed by atoms with Crippen LogP contribution in [-0.4, -0.2) is 20.9 Å². The van der Waals surface area contributed by atoms with Gasteiger partial charge in [-0.1, -0.05) is 30.3 Å². The first kappa shape index (κ1) is 16.9. The number of ether oxygens (including phenoxy) is 1. The van der Waals surface area contributed by atoms with Gasteiger partial charge in [-0.05, 0) is 30.3 Å². The van der Waals surface area contributed by atoms with Crippen LogP contribution in [0.4, 0.5) is 5.69 Å². The highest BCUT2D eigenvalue weighted by Gasteiger charge is 2.15. The number of nitrogens with zero attached hydrogens (tertiary/aromatic N) is 3. The summed E-state index contributed by atoms with van der Waals surface area (Å²) in [6.07, 6.45) is 3.28. The number of rotatable bonds is 5. The average Bonchev–Trinajstić information content (AvgIpc) is 3.21. The number of benzene rings is 2. The second-order valence-corrected chi connectivity index (χ2v) is 6.33. The monoisotopic (exact) mass is 374 g/mol. The Hall–Kier alpha value is -3.58. The van der Waals surface area contributed by atoms with E-state index in [9.17, 15) is 4.79 Å². The lowest BCUT2D eigenvalue weighted by atomic mass is 10.2. The highest BCUT2D eigenvalue weighted by Crippen LogP contribution is 2.29. The Balaban J connectivity index is 1.53. The number of aromatic nitrogens is 3. The van der Waals surface area contributed by atoms with Crippen LogP contribution in [0.25, 0.3) is 10.8 Å². The largest absolute Gasteiger partial charge is 0.455 e. The fraction of sp³-hybridized carbons (Fsp3) is 0. The SMILES string of the molecule is O=C(Nc1ccccc1Oc1ccccc1)c1csc(-c2ncccn2)n1. The van der Waals surface area contributed by atoms with Crippen molar-refractivity contribution in [1.29, 1.82) is 0 Å². The van der Waals surface area contributed by atoms with E-state index in [1.165, 1.54) is 11.3 Å². The fourth-order valence-corrected chi connectivity index (χ4v) is 3.10. The van der Waals surface area contributed by atoms with Crippen LogP contribution in [0.15, 0.2) is 78.4 Å². The van der Waals surface area contributed by atoms with Gasteiger partial charge in [0.2, 0.25) is 0 Å². The molecule has 0 fully saturated rings. The van der Waals surface area contributed by atoms with Gasteiger partial charge < -0.3 is 10.1 Å². The summed E-state index contributed by atoms with van der Waals surface area (Å²) in [5.41, 5.74) is 0.869. The van der Waals surface area contributed by atoms with Crippen LogP contribution in [0.5, 0.6) is 11.5 Å². The first-order valence-electron chi connectivity index (χ1n) is 8.16. The second-order valence-electron chi connectivity index (χ2n) is 5.48. The molecule has 1 amide bonds. The van der Waals surface area contributed by atoms with Gasteiger partial charge in [0.1, 0.15) is 11.4 Å². The minimum Gasteiger partial charge on any atom is -0.455 e. The van der Waals surface area contributed by atoms with Crippen molar-refractivity contribution in [2.45, 2.75) is 0 Å². The quantitative estimate of drug-likeness (QED) is 0.550. The third-order valence-corrected chi connectivity index (χ3v) is 4.44. The van der Waals surface area contributed by atoms with Gasteiger partial charge in [0.05, 0.1) is 5.69 Å². The molecule has 4 aromatic rings. The standard InChI is InChI=1S/C20H14N4O2S/c25-19(16-13-27-20(24-16)18-21-11-6-12-22-18)23-15-9-4-5-10-17(15)26-14-7-2-1-3-8-14/h1-13H,(H,23,25). The van der Waals surface area contributed by atoms with Gasteiger partial charge >= 0.3 is 0 Å². The van der Waals surface area contributed by atoms with Crippen molar-refractivity contribution >= 4 is 22.9 Å². The number of nitrogens with one attached hydrogen (secondary N) is 1. The molecule has 0 aliphatic heterocycles. The van der Waals surface area contributed by atoms with E-state index in [0.717, 1.165) is 0 Å². The Labute approximate surface area is 159 Å². The maximum Gasteiger partial charge on any atom is 0.275 e. The average molecular weight is 374 g/mol. The maximum atomic E-state index is 12.6. The van der Waals surface area contributed by atoms with Crippen LogP contribution in [0, 0.1) is 0 Å². The van der Waals surface area contributed by atoms with E-state index in [-0.39, 0.29) is 5.91 Å². The zero-order chi connectivity index (χ0) is 18.5. The summed E-state index contributed by atoms with van der Waals surface area (Å²) in [7, 11) is 0. The van der Waals surface area contributed by atoms with Gasteiger partial charge in [-0.25, -0.2) is 15.0 Å². The van der Waals surface area contributed by atoms with Gasteiger partial charge in [-0.2, -0.15) is 0 Å². The van der Waals surface area contributed by atoms with E-state index < -0.39 is 0 Å². The molecule has 0 atom stereocenters. The van der Waals surface area contributed by atoms with Crippen LogP contribution < -0.4 is 10.1 Å². The molecule has 0 saturated carbocycles. The van der Waals surface area contributed by atoms with Crippen LogP contribution in [0.2, 0.25) is 0 Å². The molecular weight excluding hydrogens is 360 g/mol. The van der Waals surface area contributed by atoms with Crippen molar-refractivity contribution in [3.8, 4) is 22.3 Å². The van der Waals surface area contributed by atoms with Crippen molar-refractivity contribution in [3.63, 3.8) is 0 Å². The number of carbonyl (C=O) groups excluding carboxylic acids is 1. The van der Waals surface area contributed by atoms with E-state index in [1.54, 1.807) is 36.0 Å². The molecule has 2 heterocycles. The van der Waals surface area contributed by atoms with Crippen molar-refractivity contribution in [3.05, 3.63) is 84.1 Å². The predicted molar refractivity (Wildman–Crippen MR) is 104 cm³/mol. The molecule has 27 heavy (non-hydrogen) atoms. The summed E-state index contributed by atoms with van der Waals surface area (Å²) in [5, 5.41) is 5.13. The first-order valence-corrected chi connectivity index (χ1v) is 9.04. The van der Waals surface area contributed by atoms with Gasteiger partial charge in [0.25, 0.3) is 5.91 Å². The molecule has 7 heteroatoms. The molecule has 1 N–H and O–H groups in total. The maximum absolute atomic E-state index is 12.6. The molecule has 132 valence electrons. The Morgan fingerprint density at radius 3 is 2.48 bits per heavy atom. The minimum absolute atomic E-state index is 0.303. The molecule has 6 nitrogen and oxygen atoms in total. The summed E-state index contributed by atoms with van der Waals surface area (Å²) >= 11 is 1.32. The lowest BCUT2D eigenvalue weighted by molar-refractivity contribution is 0.102. The number of hydrogen-bond acceptors (Lipinski definition) is 6. The number of thiazole rings is 1. The number of hydrogen-bond donors (Lipinski definition) is 1. The highest BCUT2D eigenvalue weighted by molar-refractivity contribution is 7.13. The zero-order valence-electron chi connectivity index (χ0n) is 14.1. The molecule has 4 rings (SSSR count). The molecule has 0 aliphatic rings. The molecule has 0 saturated heterocycles. The van der Waals surface area contributed by atoms with Gasteiger partial charge in [0.15, 0.2) is 16.6 Å². The third kappa shape index (κ3) is 3.99. The van der Waals surface area contributed by atoms with Crippen LogP contribution >= 0.6 is 11.3 Å². The Morgan fingerprint density at radius 1 is 0.926 bits per heavy atom. The van der Waals surface area contributed by atoms with E-state index in [4.69, 9.17) is 4.74 Å². The molecule has 0 unspecified atom stereocenters. The molecule has 0 spiro atoms. The van der Waals surface area contributed by atoms with E-state index in [0.29, 0.717) is 33.7 Å². The summed E-state index contributed by atoms with van der Waals surface area (Å²) in [6, 6.07) is 18.4. The summed E-state index contributed by atoms with van der Waals surface area (Å²) in [4.78, 5) is 25.2. The van der Waals surface area contributed by atoms with Crippen molar-refractivity contribution in [1.82, 2.24) is 15.0 Å². The Bertz CT molecular complexity index is 1050. The highest BCUT2D eigenvalue weighted by atomic mass is 32.1. The first-order chi connectivity index (χ1) is 13.3. The molecule has 2 aromatic carbocycles. The lowest BCUT2D eigenvalue weighted by Gasteiger charge is -2.11. The second kappa shape index (κ2) is 7.76. The smallest absolute Gasteiger partial charge is 0.275 e. The number of anilines is 1. The number of amides is 1. The van der Waals surface area contributed by atoms with E-state index in [1.807, 2.05) is 42.5 Å².